The van der Waals surface area contributed by atoms with Gasteiger partial charge in [-0.15, -0.1) is 0 Å². The Hall–Kier alpha value is -3.03. The molecule has 4 rings (SSSR count). The van der Waals surface area contributed by atoms with Gasteiger partial charge in [-0.25, -0.2) is 19.5 Å². The van der Waals surface area contributed by atoms with Crippen molar-refractivity contribution < 1.29 is 4.79 Å². The van der Waals surface area contributed by atoms with E-state index >= 15 is 0 Å². The predicted molar refractivity (Wildman–Crippen MR) is 88.0 cm³/mol. The normalized spacial score (nSPS) is 17.4. The molecule has 1 aliphatic rings. The minimum atomic E-state index is -0.180. The van der Waals surface area contributed by atoms with Gasteiger partial charge in [0.2, 0.25) is 5.95 Å². The SMILES string of the molecule is CNC(=O)c1cnn2c([C@H]3CCN(c4ncccn4)C3)ccnc12. The third-order valence-electron chi connectivity index (χ3n) is 4.34. The molecule has 4 heterocycles. The summed E-state index contributed by atoms with van der Waals surface area (Å²) in [5.74, 6) is 0.856. The molecule has 122 valence electrons. The maximum atomic E-state index is 11.9. The fourth-order valence-electron chi connectivity index (χ4n) is 3.15. The van der Waals surface area contributed by atoms with Crippen LogP contribution in [-0.2, 0) is 0 Å². The second-order valence-corrected chi connectivity index (χ2v) is 5.72. The Morgan fingerprint density at radius 1 is 1.25 bits per heavy atom. The summed E-state index contributed by atoms with van der Waals surface area (Å²) in [4.78, 5) is 27.0. The minimum absolute atomic E-state index is 0.180. The first kappa shape index (κ1) is 14.6. The summed E-state index contributed by atoms with van der Waals surface area (Å²) >= 11 is 0. The van der Waals surface area contributed by atoms with Crippen molar-refractivity contribution in [1.29, 1.82) is 0 Å². The van der Waals surface area contributed by atoms with Crippen LogP contribution >= 0.6 is 0 Å². The second-order valence-electron chi connectivity index (χ2n) is 5.72. The zero-order valence-electron chi connectivity index (χ0n) is 13.3. The van der Waals surface area contributed by atoms with Crippen LogP contribution in [0.25, 0.3) is 5.65 Å². The highest BCUT2D eigenvalue weighted by Crippen LogP contribution is 2.29. The largest absolute Gasteiger partial charge is 0.355 e. The van der Waals surface area contributed by atoms with Gasteiger partial charge in [-0.05, 0) is 18.6 Å². The third kappa shape index (κ3) is 2.36. The van der Waals surface area contributed by atoms with Crippen LogP contribution in [0.15, 0.2) is 36.9 Å². The van der Waals surface area contributed by atoms with E-state index in [-0.39, 0.29) is 11.8 Å². The fourth-order valence-corrected chi connectivity index (χ4v) is 3.15. The molecule has 0 aliphatic carbocycles. The number of carbonyl (C=O) groups is 1. The van der Waals surface area contributed by atoms with Crippen molar-refractivity contribution in [3.63, 3.8) is 0 Å². The molecular formula is C16H17N7O. The number of hydrogen-bond acceptors (Lipinski definition) is 6. The highest BCUT2D eigenvalue weighted by Gasteiger charge is 2.28. The molecule has 0 radical (unpaired) electrons. The van der Waals surface area contributed by atoms with Gasteiger partial charge in [0.25, 0.3) is 5.91 Å². The summed E-state index contributed by atoms with van der Waals surface area (Å²) < 4.78 is 1.77. The van der Waals surface area contributed by atoms with Crippen molar-refractivity contribution >= 4 is 17.5 Å². The standard InChI is InChI=1S/C16H17N7O/c1-17-15(24)12-9-21-23-13(3-7-18-14(12)23)11-4-8-22(10-11)16-19-5-2-6-20-16/h2-3,5-7,9,11H,4,8,10H2,1H3,(H,17,24)/t11-/m0/s1. The Balaban J connectivity index is 1.66. The predicted octanol–water partition coefficient (Wildman–Crippen LogP) is 0.873. The van der Waals surface area contributed by atoms with Crippen LogP contribution < -0.4 is 10.2 Å². The molecule has 0 spiro atoms. The second kappa shape index (κ2) is 5.88. The summed E-state index contributed by atoms with van der Waals surface area (Å²) in [7, 11) is 1.60. The molecule has 24 heavy (non-hydrogen) atoms. The summed E-state index contributed by atoms with van der Waals surface area (Å²) in [6, 6.07) is 3.78. The summed E-state index contributed by atoms with van der Waals surface area (Å²) in [5.41, 5.74) is 2.12. The highest BCUT2D eigenvalue weighted by atomic mass is 16.1. The summed E-state index contributed by atoms with van der Waals surface area (Å²) in [6.07, 6.45) is 7.79. The van der Waals surface area contributed by atoms with Crippen LogP contribution in [0.5, 0.6) is 0 Å². The highest BCUT2D eigenvalue weighted by molar-refractivity contribution is 5.99. The first-order valence-corrected chi connectivity index (χ1v) is 7.84. The number of carbonyl (C=O) groups excluding carboxylic acids is 1. The molecular weight excluding hydrogens is 306 g/mol. The number of anilines is 1. The van der Waals surface area contributed by atoms with Crippen LogP contribution in [-0.4, -0.2) is 50.6 Å². The van der Waals surface area contributed by atoms with Gasteiger partial charge in [0.15, 0.2) is 5.65 Å². The van der Waals surface area contributed by atoms with E-state index in [1.807, 2.05) is 12.1 Å². The van der Waals surface area contributed by atoms with E-state index in [4.69, 9.17) is 0 Å². The molecule has 1 amide bonds. The van der Waals surface area contributed by atoms with Crippen LogP contribution in [0.3, 0.4) is 0 Å². The van der Waals surface area contributed by atoms with E-state index in [1.165, 1.54) is 0 Å². The summed E-state index contributed by atoms with van der Waals surface area (Å²) in [5, 5.41) is 6.99. The Bertz CT molecular complexity index is 877. The molecule has 0 aromatic carbocycles. The molecule has 3 aromatic heterocycles. The van der Waals surface area contributed by atoms with E-state index in [0.717, 1.165) is 31.2 Å². The lowest BCUT2D eigenvalue weighted by atomic mass is 10.0. The number of aromatic nitrogens is 5. The average molecular weight is 323 g/mol. The van der Waals surface area contributed by atoms with E-state index in [0.29, 0.717) is 11.2 Å². The smallest absolute Gasteiger partial charge is 0.256 e. The number of rotatable bonds is 3. The van der Waals surface area contributed by atoms with Gasteiger partial charge < -0.3 is 10.2 Å². The number of nitrogens with zero attached hydrogens (tertiary/aromatic N) is 6. The van der Waals surface area contributed by atoms with Crippen LogP contribution in [0, 0.1) is 0 Å². The van der Waals surface area contributed by atoms with Crippen molar-refractivity contribution in [2.45, 2.75) is 12.3 Å². The van der Waals surface area contributed by atoms with Crippen LogP contribution in [0.1, 0.15) is 28.4 Å². The molecule has 1 saturated heterocycles. The van der Waals surface area contributed by atoms with E-state index in [9.17, 15) is 4.79 Å². The van der Waals surface area contributed by atoms with Crippen molar-refractivity contribution in [2.24, 2.45) is 0 Å². The average Bonchev–Trinajstić information content (AvgIpc) is 3.29. The van der Waals surface area contributed by atoms with Crippen molar-refractivity contribution in [2.75, 3.05) is 25.0 Å². The molecule has 1 atom stereocenters. The molecule has 0 saturated carbocycles. The monoisotopic (exact) mass is 323 g/mol. The Kier molecular flexibility index (Phi) is 3.56. The lowest BCUT2D eigenvalue weighted by Crippen LogP contribution is -2.22. The van der Waals surface area contributed by atoms with Gasteiger partial charge in [0.1, 0.15) is 5.56 Å². The Morgan fingerprint density at radius 3 is 2.88 bits per heavy atom. The van der Waals surface area contributed by atoms with Crippen molar-refractivity contribution in [3.8, 4) is 0 Å². The maximum Gasteiger partial charge on any atom is 0.256 e. The molecule has 0 bridgehead atoms. The van der Waals surface area contributed by atoms with Crippen molar-refractivity contribution in [1.82, 2.24) is 29.9 Å². The van der Waals surface area contributed by atoms with Gasteiger partial charge >= 0.3 is 0 Å². The number of fused-ring (bicyclic) bond motifs is 1. The number of nitrogens with one attached hydrogen (secondary N) is 1. The first-order valence-electron chi connectivity index (χ1n) is 7.84. The van der Waals surface area contributed by atoms with Gasteiger partial charge in [0, 0.05) is 44.6 Å². The Labute approximate surface area is 138 Å². The topological polar surface area (TPSA) is 88.3 Å². The quantitative estimate of drug-likeness (QED) is 0.769. The molecule has 1 fully saturated rings. The Morgan fingerprint density at radius 2 is 2.08 bits per heavy atom. The third-order valence-corrected chi connectivity index (χ3v) is 4.34. The fraction of sp³-hybridized carbons (Fsp3) is 0.312. The minimum Gasteiger partial charge on any atom is -0.355 e. The zero-order chi connectivity index (χ0) is 16.5. The molecule has 1 N–H and O–H groups in total. The molecule has 8 nitrogen and oxygen atoms in total. The van der Waals surface area contributed by atoms with Gasteiger partial charge in [-0.3, -0.25) is 4.79 Å². The summed E-state index contributed by atoms with van der Waals surface area (Å²) in [6.45, 7) is 1.71. The van der Waals surface area contributed by atoms with Crippen molar-refractivity contribution in [3.05, 3.63) is 48.2 Å². The lowest BCUT2D eigenvalue weighted by Gasteiger charge is -2.16. The zero-order valence-corrected chi connectivity index (χ0v) is 13.3. The molecule has 0 unspecified atom stereocenters. The molecule has 3 aromatic rings. The van der Waals surface area contributed by atoms with Gasteiger partial charge in [0.05, 0.1) is 11.9 Å². The van der Waals surface area contributed by atoms with E-state index in [1.54, 1.807) is 36.4 Å². The van der Waals surface area contributed by atoms with Gasteiger partial charge in [-0.2, -0.15) is 5.10 Å². The lowest BCUT2D eigenvalue weighted by molar-refractivity contribution is 0.0964. The molecule has 1 aliphatic heterocycles. The van der Waals surface area contributed by atoms with E-state index < -0.39 is 0 Å². The number of amides is 1. The maximum absolute atomic E-state index is 11.9. The van der Waals surface area contributed by atoms with Gasteiger partial charge in [-0.1, -0.05) is 0 Å². The molecule has 8 heteroatoms. The van der Waals surface area contributed by atoms with Crippen LogP contribution in [0.4, 0.5) is 5.95 Å². The van der Waals surface area contributed by atoms with Crippen LogP contribution in [0.2, 0.25) is 0 Å². The number of hydrogen-bond donors (Lipinski definition) is 1. The first-order chi connectivity index (χ1) is 11.8. The van der Waals surface area contributed by atoms with E-state index in [2.05, 4.69) is 30.3 Å².